The standard InChI is InChI=1S/C13H14N2.C9H15N3O6.C9H4O5.C8H6O4.C2H6O2/c14-12-5-1-10(2-6-12)9-11-3-7-13(15)8-4-11;13-4-1-10-7(16)11(2-5-14)9(18)12(3-6-15)8(10)17;10-7(11)4-1-2-5-6(3-4)9(13)14-8(5)12;9-7(10)5-1-2-6(4-3-5)8(11)12;3-1-2-4/h1-8H,9,14-15H2;13-15H,1-6H2;1-3H,(H,10,11);1-4H,(H,9,10)(H,11,12);3-4H,1-2H2. The number of aromatic carboxylic acids is 3. The molecule has 0 atom stereocenters. The number of hydrogen-bond donors (Lipinski definition) is 10. The van der Waals surface area contributed by atoms with Crippen LogP contribution >= 0.6 is 0 Å². The molecule has 22 heteroatoms. The van der Waals surface area contributed by atoms with Crippen LogP contribution in [0, 0.1) is 0 Å². The molecule has 0 spiro atoms. The van der Waals surface area contributed by atoms with Crippen molar-refractivity contribution < 1.29 is 69.6 Å². The summed E-state index contributed by atoms with van der Waals surface area (Å²) in [6, 6.07) is 24.6. The van der Waals surface area contributed by atoms with Gasteiger partial charge in [0.1, 0.15) is 0 Å². The Morgan fingerprint density at radius 1 is 0.444 bits per heavy atom. The third-order valence-corrected chi connectivity index (χ3v) is 8.09. The Kier molecular flexibility index (Phi) is 21.0. The van der Waals surface area contributed by atoms with Crippen LogP contribution in [0.25, 0.3) is 0 Å². The zero-order chi connectivity index (χ0) is 47.2. The molecule has 63 heavy (non-hydrogen) atoms. The van der Waals surface area contributed by atoms with Crippen molar-refractivity contribution in [2.75, 3.05) is 44.5 Å². The number of carbonyl (C=O) groups excluding carboxylic acids is 2. The van der Waals surface area contributed by atoms with Crippen molar-refractivity contribution in [2.24, 2.45) is 0 Å². The van der Waals surface area contributed by atoms with Gasteiger partial charge in [0.2, 0.25) is 0 Å². The fraction of sp³-hybridized carbons (Fsp3) is 0.220. The summed E-state index contributed by atoms with van der Waals surface area (Å²) in [6.45, 7) is -2.33. The highest BCUT2D eigenvalue weighted by molar-refractivity contribution is 6.15. The van der Waals surface area contributed by atoms with Crippen LogP contribution in [0.1, 0.15) is 62.9 Å². The SMILES string of the molecule is Nc1ccc(Cc2ccc(N)cc2)cc1.O=C(O)c1ccc(C(=O)O)cc1.O=C(O)c1ccc2c(c1)C(=O)OC2=O.O=c1n(CCO)c(=O)n(CCO)c(=O)n1CCO.OCCO. The number of nitrogens with two attached hydrogens (primary N) is 2. The molecule has 0 saturated heterocycles. The highest BCUT2D eigenvalue weighted by atomic mass is 16.6. The number of nitrogens with zero attached hydrogens (tertiary/aromatic N) is 3. The van der Waals surface area contributed by atoms with Gasteiger partial charge in [-0.15, -0.1) is 0 Å². The maximum absolute atomic E-state index is 11.8. The molecule has 0 bridgehead atoms. The predicted octanol–water partition coefficient (Wildman–Crippen LogP) is -0.660. The Balaban J connectivity index is 0.000000283. The molecule has 1 aliphatic rings. The first-order chi connectivity index (χ1) is 29.9. The highest BCUT2D eigenvalue weighted by Crippen LogP contribution is 2.21. The van der Waals surface area contributed by atoms with Gasteiger partial charge in [0.15, 0.2) is 0 Å². The Labute approximate surface area is 356 Å². The number of aromatic nitrogens is 3. The first-order valence-electron chi connectivity index (χ1n) is 18.3. The molecule has 2 heterocycles. The summed E-state index contributed by atoms with van der Waals surface area (Å²) in [5.41, 5.74) is 12.9. The fourth-order valence-corrected chi connectivity index (χ4v) is 5.04. The first kappa shape index (κ1) is 51.4. The minimum absolute atomic E-state index is 0.00917. The van der Waals surface area contributed by atoms with Gasteiger partial charge in [-0.25, -0.2) is 52.1 Å². The van der Waals surface area contributed by atoms with Crippen molar-refractivity contribution in [3.63, 3.8) is 0 Å². The number of carbonyl (C=O) groups is 5. The first-order valence-corrected chi connectivity index (χ1v) is 18.3. The van der Waals surface area contributed by atoms with Crippen LogP contribution in [0.3, 0.4) is 0 Å². The largest absolute Gasteiger partial charge is 0.478 e. The molecule has 22 nitrogen and oxygen atoms in total. The van der Waals surface area contributed by atoms with Crippen molar-refractivity contribution in [3.8, 4) is 0 Å². The minimum Gasteiger partial charge on any atom is -0.478 e. The molecule has 6 rings (SSSR count). The quantitative estimate of drug-likeness (QED) is 0.0422. The van der Waals surface area contributed by atoms with Gasteiger partial charge in [0.25, 0.3) is 0 Å². The van der Waals surface area contributed by atoms with Gasteiger partial charge < -0.3 is 57.1 Å². The number of ether oxygens (including phenoxy) is 1. The van der Waals surface area contributed by atoms with Crippen LogP contribution in [0.2, 0.25) is 0 Å². The number of aliphatic hydroxyl groups excluding tert-OH is 5. The molecule has 4 aromatic carbocycles. The van der Waals surface area contributed by atoms with Gasteiger partial charge in [-0.05, 0) is 84.3 Å². The lowest BCUT2D eigenvalue weighted by molar-refractivity contribution is 0.0442. The molecule has 0 radical (unpaired) electrons. The molecule has 336 valence electrons. The minimum atomic E-state index is -1.15. The molecule has 0 unspecified atom stereocenters. The maximum atomic E-state index is 11.8. The molecular weight excluding hydrogens is 834 g/mol. The monoisotopic (exact) mass is 879 g/mol. The lowest BCUT2D eigenvalue weighted by Crippen LogP contribution is -2.55. The van der Waals surface area contributed by atoms with Gasteiger partial charge >= 0.3 is 46.9 Å². The van der Waals surface area contributed by atoms with Gasteiger partial charge in [-0.1, -0.05) is 24.3 Å². The number of carboxylic acid groups (broad SMARTS) is 3. The molecule has 1 aliphatic heterocycles. The number of nitrogen functional groups attached to an aromatic ring is 2. The lowest BCUT2D eigenvalue weighted by atomic mass is 10.0. The Hall–Kier alpha value is -7.76. The molecule has 0 aliphatic carbocycles. The number of fused-ring (bicyclic) bond motifs is 1. The van der Waals surface area contributed by atoms with E-state index in [4.69, 9.17) is 52.3 Å². The number of aliphatic hydroxyl groups is 5. The van der Waals surface area contributed by atoms with Crippen molar-refractivity contribution in [2.45, 2.75) is 26.1 Å². The lowest BCUT2D eigenvalue weighted by Gasteiger charge is -2.11. The summed E-state index contributed by atoms with van der Waals surface area (Å²) >= 11 is 0. The molecule has 0 fully saturated rings. The molecule has 0 amide bonds. The number of rotatable bonds is 12. The van der Waals surface area contributed by atoms with E-state index in [0.717, 1.165) is 23.9 Å². The fourth-order valence-electron chi connectivity index (χ4n) is 5.04. The zero-order valence-corrected chi connectivity index (χ0v) is 33.3. The van der Waals surface area contributed by atoms with E-state index in [-0.39, 0.29) is 60.7 Å². The van der Waals surface area contributed by atoms with Crippen LogP contribution in [0.4, 0.5) is 11.4 Å². The van der Waals surface area contributed by atoms with Crippen LogP contribution in [0.5, 0.6) is 0 Å². The van der Waals surface area contributed by atoms with E-state index < -0.39 is 66.7 Å². The topological polar surface area (TPSA) is 374 Å². The van der Waals surface area contributed by atoms with Gasteiger partial charge in [0, 0.05) is 11.4 Å². The van der Waals surface area contributed by atoms with Crippen molar-refractivity contribution in [1.82, 2.24) is 13.7 Å². The second-order valence-electron chi connectivity index (χ2n) is 12.5. The van der Waals surface area contributed by atoms with E-state index >= 15 is 0 Å². The summed E-state index contributed by atoms with van der Waals surface area (Å²) < 4.78 is 6.36. The Morgan fingerprint density at radius 3 is 1.06 bits per heavy atom. The third-order valence-electron chi connectivity index (χ3n) is 8.09. The van der Waals surface area contributed by atoms with Gasteiger partial charge in [0.05, 0.1) is 80.5 Å². The third kappa shape index (κ3) is 15.7. The summed E-state index contributed by atoms with van der Waals surface area (Å²) in [7, 11) is 0. The van der Waals surface area contributed by atoms with E-state index in [1.54, 1.807) is 0 Å². The highest BCUT2D eigenvalue weighted by Gasteiger charge is 2.30. The van der Waals surface area contributed by atoms with Crippen molar-refractivity contribution >= 4 is 41.2 Å². The number of anilines is 2. The maximum Gasteiger partial charge on any atom is 0.346 e. The van der Waals surface area contributed by atoms with Crippen LogP contribution in [-0.2, 0) is 30.8 Å². The van der Waals surface area contributed by atoms with E-state index in [0.29, 0.717) is 13.7 Å². The normalized spacial score (nSPS) is 10.8. The van der Waals surface area contributed by atoms with Crippen molar-refractivity contribution in [1.29, 1.82) is 0 Å². The number of cyclic esters (lactones) is 2. The predicted molar refractivity (Wildman–Crippen MR) is 223 cm³/mol. The van der Waals surface area contributed by atoms with Crippen LogP contribution < -0.4 is 28.5 Å². The van der Waals surface area contributed by atoms with E-state index in [2.05, 4.69) is 4.74 Å². The average Bonchev–Trinajstić information content (AvgIpc) is 3.56. The summed E-state index contributed by atoms with van der Waals surface area (Å²) in [5, 5.41) is 67.2. The van der Waals surface area contributed by atoms with Crippen LogP contribution in [-0.4, -0.2) is 117 Å². The molecule has 5 aromatic rings. The molecular formula is C41H45N5O17. The van der Waals surface area contributed by atoms with E-state index in [9.17, 15) is 38.4 Å². The van der Waals surface area contributed by atoms with E-state index in [1.165, 1.54) is 47.5 Å². The average molecular weight is 880 g/mol. The number of esters is 2. The zero-order valence-electron chi connectivity index (χ0n) is 33.3. The molecule has 1 aromatic heterocycles. The summed E-state index contributed by atoms with van der Waals surface area (Å²) in [5.74, 6) is -4.81. The second-order valence-corrected chi connectivity index (χ2v) is 12.5. The summed E-state index contributed by atoms with van der Waals surface area (Å²) in [6.07, 6.45) is 0.917. The van der Waals surface area contributed by atoms with Crippen molar-refractivity contribution in [3.05, 3.63) is 161 Å². The van der Waals surface area contributed by atoms with E-state index in [1.807, 2.05) is 48.5 Å². The second kappa shape index (κ2) is 25.8. The Morgan fingerprint density at radius 2 is 0.762 bits per heavy atom. The number of benzene rings is 4. The smallest absolute Gasteiger partial charge is 0.346 e. The number of carboxylic acids is 3. The molecule has 0 saturated carbocycles. The number of hydrogen-bond acceptors (Lipinski definition) is 16. The van der Waals surface area contributed by atoms with Gasteiger partial charge in [-0.2, -0.15) is 0 Å². The summed E-state index contributed by atoms with van der Waals surface area (Å²) in [4.78, 5) is 88.5. The van der Waals surface area contributed by atoms with Gasteiger partial charge in [-0.3, -0.25) is 0 Å². The van der Waals surface area contributed by atoms with Crippen LogP contribution in [0.15, 0.2) is 105 Å². The Bertz CT molecular complexity index is 2320. The molecule has 12 N–H and O–H groups in total.